The highest BCUT2D eigenvalue weighted by molar-refractivity contribution is 5.68. The van der Waals surface area contributed by atoms with E-state index in [1.54, 1.807) is 0 Å². The van der Waals surface area contributed by atoms with Crippen LogP contribution in [0.3, 0.4) is 0 Å². The number of β-amino-alcohol motifs (C(OH)–C–C–N with tert-alkyl or cyclic N) is 1. The van der Waals surface area contributed by atoms with Crippen LogP contribution < -0.4 is 0 Å². The van der Waals surface area contributed by atoms with E-state index < -0.39 is 11.6 Å². The Bertz CT molecular complexity index is 429. The van der Waals surface area contributed by atoms with E-state index in [1.165, 1.54) is 11.1 Å². The monoisotopic (exact) mass is 249 g/mol. The van der Waals surface area contributed by atoms with Gasteiger partial charge in [0.1, 0.15) is 0 Å². The van der Waals surface area contributed by atoms with Gasteiger partial charge in [-0.25, -0.2) is 0 Å². The van der Waals surface area contributed by atoms with Gasteiger partial charge in [-0.05, 0) is 18.9 Å². The van der Waals surface area contributed by atoms with Gasteiger partial charge >= 0.3 is 5.97 Å². The molecule has 1 aromatic carbocycles. The van der Waals surface area contributed by atoms with Gasteiger partial charge in [0, 0.05) is 19.6 Å². The van der Waals surface area contributed by atoms with Crippen LogP contribution in [0.2, 0.25) is 0 Å². The number of likely N-dealkylation sites (tertiary alicyclic amines) is 1. The fourth-order valence-corrected chi connectivity index (χ4v) is 2.45. The molecule has 1 fully saturated rings. The number of hydrogen-bond donors (Lipinski definition) is 2. The number of aryl methyl sites for hydroxylation is 1. The van der Waals surface area contributed by atoms with Gasteiger partial charge in [-0.1, -0.05) is 29.8 Å². The van der Waals surface area contributed by atoms with Crippen molar-refractivity contribution in [3.63, 3.8) is 0 Å². The SMILES string of the molecule is Cc1ccc(CN2CCC(O)(CC(=O)O)C2)cc1. The Morgan fingerprint density at radius 3 is 2.67 bits per heavy atom. The highest BCUT2D eigenvalue weighted by Crippen LogP contribution is 2.26. The summed E-state index contributed by atoms with van der Waals surface area (Å²) >= 11 is 0. The number of benzene rings is 1. The normalized spacial score (nSPS) is 24.3. The van der Waals surface area contributed by atoms with E-state index in [0.717, 1.165) is 13.1 Å². The second-order valence-corrected chi connectivity index (χ2v) is 5.24. The fraction of sp³-hybridized carbons (Fsp3) is 0.500. The lowest BCUT2D eigenvalue weighted by molar-refractivity contribution is -0.142. The highest BCUT2D eigenvalue weighted by atomic mass is 16.4. The lowest BCUT2D eigenvalue weighted by Gasteiger charge is -2.21. The summed E-state index contributed by atoms with van der Waals surface area (Å²) in [6, 6.07) is 8.28. The summed E-state index contributed by atoms with van der Waals surface area (Å²) in [6.07, 6.45) is 0.364. The van der Waals surface area contributed by atoms with Crippen molar-refractivity contribution in [3.8, 4) is 0 Å². The molecule has 1 atom stereocenters. The van der Waals surface area contributed by atoms with E-state index in [2.05, 4.69) is 29.2 Å². The van der Waals surface area contributed by atoms with Crippen LogP contribution in [0.15, 0.2) is 24.3 Å². The van der Waals surface area contributed by atoms with Gasteiger partial charge in [-0.15, -0.1) is 0 Å². The largest absolute Gasteiger partial charge is 0.481 e. The van der Waals surface area contributed by atoms with Gasteiger partial charge in [0.25, 0.3) is 0 Å². The highest BCUT2D eigenvalue weighted by Gasteiger charge is 2.37. The Morgan fingerprint density at radius 2 is 2.06 bits per heavy atom. The second kappa shape index (κ2) is 5.08. The number of carboxylic acids is 1. The van der Waals surface area contributed by atoms with E-state index in [0.29, 0.717) is 13.0 Å². The van der Waals surface area contributed by atoms with E-state index in [-0.39, 0.29) is 6.42 Å². The van der Waals surface area contributed by atoms with Crippen LogP contribution in [0.25, 0.3) is 0 Å². The number of rotatable bonds is 4. The third kappa shape index (κ3) is 3.31. The molecule has 1 aliphatic rings. The van der Waals surface area contributed by atoms with Crippen LogP contribution in [0.1, 0.15) is 24.0 Å². The number of carbonyl (C=O) groups is 1. The summed E-state index contributed by atoms with van der Waals surface area (Å²) in [4.78, 5) is 12.8. The first-order valence-electron chi connectivity index (χ1n) is 6.19. The Kier molecular flexibility index (Phi) is 3.68. The Labute approximate surface area is 107 Å². The van der Waals surface area contributed by atoms with Crippen LogP contribution in [0.5, 0.6) is 0 Å². The van der Waals surface area contributed by atoms with E-state index in [4.69, 9.17) is 5.11 Å². The molecule has 0 radical (unpaired) electrons. The number of carboxylic acid groups (broad SMARTS) is 1. The quantitative estimate of drug-likeness (QED) is 0.847. The van der Waals surface area contributed by atoms with Crippen molar-refractivity contribution < 1.29 is 15.0 Å². The van der Waals surface area contributed by atoms with Gasteiger partial charge in [-0.2, -0.15) is 0 Å². The summed E-state index contributed by atoms with van der Waals surface area (Å²) in [7, 11) is 0. The molecule has 1 heterocycles. The third-order valence-electron chi connectivity index (χ3n) is 3.42. The summed E-state index contributed by atoms with van der Waals surface area (Å²) < 4.78 is 0. The minimum atomic E-state index is -1.06. The second-order valence-electron chi connectivity index (χ2n) is 5.24. The summed E-state index contributed by atoms with van der Waals surface area (Å²) in [5.74, 6) is -0.935. The maximum Gasteiger partial charge on any atom is 0.306 e. The molecule has 18 heavy (non-hydrogen) atoms. The summed E-state index contributed by atoms with van der Waals surface area (Å²) in [6.45, 7) is 4.00. The molecule has 98 valence electrons. The number of aliphatic carboxylic acids is 1. The lowest BCUT2D eigenvalue weighted by atomic mass is 9.99. The third-order valence-corrected chi connectivity index (χ3v) is 3.42. The summed E-state index contributed by atoms with van der Waals surface area (Å²) in [5, 5.41) is 18.9. The molecule has 1 unspecified atom stereocenters. The molecule has 0 spiro atoms. The van der Waals surface area contributed by atoms with Crippen LogP contribution in [-0.4, -0.2) is 39.8 Å². The predicted molar refractivity (Wildman–Crippen MR) is 68.3 cm³/mol. The molecule has 0 aliphatic carbocycles. The molecule has 2 rings (SSSR count). The molecule has 1 saturated heterocycles. The van der Waals surface area contributed by atoms with E-state index >= 15 is 0 Å². The Balaban J connectivity index is 1.93. The van der Waals surface area contributed by atoms with Crippen molar-refractivity contribution >= 4 is 5.97 Å². The van der Waals surface area contributed by atoms with Crippen molar-refractivity contribution in [3.05, 3.63) is 35.4 Å². The van der Waals surface area contributed by atoms with Crippen molar-refractivity contribution in [1.29, 1.82) is 0 Å². The molecule has 4 heteroatoms. The maximum atomic E-state index is 10.7. The summed E-state index contributed by atoms with van der Waals surface area (Å²) in [5.41, 5.74) is 1.36. The molecule has 0 bridgehead atoms. The number of nitrogens with zero attached hydrogens (tertiary/aromatic N) is 1. The molecule has 0 aromatic heterocycles. The van der Waals surface area contributed by atoms with Crippen molar-refractivity contribution in [2.75, 3.05) is 13.1 Å². The maximum absolute atomic E-state index is 10.7. The first kappa shape index (κ1) is 13.1. The van der Waals surface area contributed by atoms with Gasteiger partial charge < -0.3 is 10.2 Å². The zero-order valence-corrected chi connectivity index (χ0v) is 10.6. The molecule has 1 aromatic rings. The van der Waals surface area contributed by atoms with Crippen LogP contribution in [-0.2, 0) is 11.3 Å². The predicted octanol–water partition coefficient (Wildman–Crippen LogP) is 1.41. The number of aliphatic hydroxyl groups is 1. The van der Waals surface area contributed by atoms with Crippen LogP contribution in [0.4, 0.5) is 0 Å². The standard InChI is InChI=1S/C14H19NO3/c1-11-2-4-12(5-3-11)9-15-7-6-14(18,10-15)8-13(16)17/h2-5,18H,6-10H2,1H3,(H,16,17). The smallest absolute Gasteiger partial charge is 0.306 e. The fourth-order valence-electron chi connectivity index (χ4n) is 2.45. The van der Waals surface area contributed by atoms with Crippen molar-refractivity contribution in [2.45, 2.75) is 31.9 Å². The lowest BCUT2D eigenvalue weighted by Crippen LogP contribution is -2.35. The first-order chi connectivity index (χ1) is 8.47. The molecular weight excluding hydrogens is 230 g/mol. The zero-order chi connectivity index (χ0) is 13.2. The minimum absolute atomic E-state index is 0.169. The Morgan fingerprint density at radius 1 is 1.39 bits per heavy atom. The molecule has 1 aliphatic heterocycles. The minimum Gasteiger partial charge on any atom is -0.481 e. The zero-order valence-electron chi connectivity index (χ0n) is 10.6. The molecule has 4 nitrogen and oxygen atoms in total. The van der Waals surface area contributed by atoms with Gasteiger partial charge in [0.2, 0.25) is 0 Å². The average molecular weight is 249 g/mol. The van der Waals surface area contributed by atoms with Gasteiger partial charge in [-0.3, -0.25) is 9.69 Å². The van der Waals surface area contributed by atoms with Crippen molar-refractivity contribution in [1.82, 2.24) is 4.90 Å². The number of hydrogen-bond acceptors (Lipinski definition) is 3. The van der Waals surface area contributed by atoms with Crippen LogP contribution in [0, 0.1) is 6.92 Å². The van der Waals surface area contributed by atoms with E-state index in [1.807, 2.05) is 6.92 Å². The Hall–Kier alpha value is -1.39. The molecule has 0 saturated carbocycles. The molecule has 0 amide bonds. The van der Waals surface area contributed by atoms with Crippen molar-refractivity contribution in [2.24, 2.45) is 0 Å². The molecule has 2 N–H and O–H groups in total. The van der Waals surface area contributed by atoms with Crippen LogP contribution >= 0.6 is 0 Å². The van der Waals surface area contributed by atoms with Gasteiger partial charge in [0.05, 0.1) is 12.0 Å². The van der Waals surface area contributed by atoms with Gasteiger partial charge in [0.15, 0.2) is 0 Å². The first-order valence-corrected chi connectivity index (χ1v) is 6.19. The average Bonchev–Trinajstić information content (AvgIpc) is 2.62. The van der Waals surface area contributed by atoms with E-state index in [9.17, 15) is 9.90 Å². The molecular formula is C14H19NO3. The topological polar surface area (TPSA) is 60.8 Å².